The average Bonchev–Trinajstić information content (AvgIpc) is 2.67. The van der Waals surface area contributed by atoms with Gasteiger partial charge in [0, 0.05) is 18.2 Å². The largest absolute Gasteiger partial charge is 0.449 e. The van der Waals surface area contributed by atoms with Crippen LogP contribution in [0.5, 0.6) is 0 Å². The highest BCUT2D eigenvalue weighted by atomic mass is 35.5. The minimum Gasteiger partial charge on any atom is -0.449 e. The fourth-order valence-electron chi connectivity index (χ4n) is 2.17. The molecule has 0 aromatic heterocycles. The predicted molar refractivity (Wildman–Crippen MR) is 103 cm³/mol. The van der Waals surface area contributed by atoms with Crippen molar-refractivity contribution in [2.24, 2.45) is 0 Å². The molecule has 158 valence electrons. The van der Waals surface area contributed by atoms with Crippen LogP contribution in [0.1, 0.15) is 18.1 Å². The van der Waals surface area contributed by atoms with Gasteiger partial charge in [0.2, 0.25) is 0 Å². The van der Waals surface area contributed by atoms with Gasteiger partial charge in [0.05, 0.1) is 21.2 Å². The maximum absolute atomic E-state index is 12.5. The fraction of sp³-hybridized carbons (Fsp3) is 0.158. The van der Waals surface area contributed by atoms with Gasteiger partial charge in [-0.25, -0.2) is 4.79 Å². The lowest BCUT2D eigenvalue weighted by Crippen LogP contribution is -2.29. The van der Waals surface area contributed by atoms with Crippen molar-refractivity contribution >= 4 is 40.9 Å². The number of nitrogens with zero attached hydrogens (tertiary/aromatic N) is 1. The summed E-state index contributed by atoms with van der Waals surface area (Å²) in [6, 6.07) is 7.53. The number of alkyl halides is 3. The molecule has 0 spiro atoms. The number of halogens is 4. The van der Waals surface area contributed by atoms with Gasteiger partial charge < -0.3 is 10.1 Å². The summed E-state index contributed by atoms with van der Waals surface area (Å²) in [7, 11) is 0. The Morgan fingerprint density at radius 1 is 1.20 bits per heavy atom. The average molecular weight is 443 g/mol. The molecule has 1 amide bonds. The Labute approximate surface area is 173 Å². The van der Waals surface area contributed by atoms with Crippen LogP contribution < -0.4 is 5.32 Å². The molecule has 0 aliphatic heterocycles. The number of nitro groups is 1. The minimum atomic E-state index is -4.47. The summed E-state index contributed by atoms with van der Waals surface area (Å²) in [4.78, 5) is 34.1. The first-order chi connectivity index (χ1) is 14.0. The van der Waals surface area contributed by atoms with Gasteiger partial charge in [0.25, 0.3) is 11.6 Å². The monoisotopic (exact) mass is 442 g/mol. The van der Waals surface area contributed by atoms with Crippen molar-refractivity contribution in [2.45, 2.75) is 19.2 Å². The number of hydrogen-bond acceptors (Lipinski definition) is 5. The zero-order valence-corrected chi connectivity index (χ0v) is 16.0. The fourth-order valence-corrected chi connectivity index (χ4v) is 2.34. The van der Waals surface area contributed by atoms with Crippen molar-refractivity contribution < 1.29 is 32.4 Å². The molecule has 0 fully saturated rings. The number of esters is 1. The Kier molecular flexibility index (Phi) is 7.17. The maximum Gasteiger partial charge on any atom is 0.416 e. The van der Waals surface area contributed by atoms with Crippen LogP contribution >= 0.6 is 11.6 Å². The van der Waals surface area contributed by atoms with Gasteiger partial charge in [-0.2, -0.15) is 13.2 Å². The Morgan fingerprint density at radius 3 is 2.40 bits per heavy atom. The van der Waals surface area contributed by atoms with Gasteiger partial charge in [-0.1, -0.05) is 23.7 Å². The molecule has 2 aromatic rings. The SMILES string of the molecule is CC(OC(=O)/C=C/c1ccc(C(F)(F)F)cc1)C(=O)Nc1cc([N+](=O)[O-])ccc1Cl. The summed E-state index contributed by atoms with van der Waals surface area (Å²) in [5.41, 5.74) is -0.828. The van der Waals surface area contributed by atoms with Crippen molar-refractivity contribution in [1.29, 1.82) is 0 Å². The molecule has 0 saturated heterocycles. The number of ether oxygens (including phenoxy) is 1. The van der Waals surface area contributed by atoms with Crippen molar-refractivity contribution in [3.8, 4) is 0 Å². The molecule has 0 aliphatic carbocycles. The number of nitrogens with one attached hydrogen (secondary N) is 1. The quantitative estimate of drug-likeness (QED) is 0.298. The number of carbonyl (C=O) groups is 2. The minimum absolute atomic E-state index is 0.0286. The number of rotatable bonds is 6. The number of anilines is 1. The van der Waals surface area contributed by atoms with Crippen LogP contribution in [0.4, 0.5) is 24.5 Å². The molecular weight excluding hydrogens is 429 g/mol. The lowest BCUT2D eigenvalue weighted by atomic mass is 10.1. The maximum atomic E-state index is 12.5. The molecule has 0 saturated carbocycles. The summed E-state index contributed by atoms with van der Waals surface area (Å²) in [6.45, 7) is 1.27. The highest BCUT2D eigenvalue weighted by Crippen LogP contribution is 2.29. The van der Waals surface area contributed by atoms with Crippen molar-refractivity contribution in [3.63, 3.8) is 0 Å². The summed E-state index contributed by atoms with van der Waals surface area (Å²) in [6.07, 6.45) is -3.56. The van der Waals surface area contributed by atoms with E-state index in [4.69, 9.17) is 16.3 Å². The number of non-ortho nitro benzene ring substituents is 1. The van der Waals surface area contributed by atoms with E-state index in [1.807, 2.05) is 0 Å². The van der Waals surface area contributed by atoms with Crippen LogP contribution in [-0.2, 0) is 20.5 Å². The van der Waals surface area contributed by atoms with E-state index >= 15 is 0 Å². The molecule has 1 atom stereocenters. The molecule has 2 aromatic carbocycles. The smallest absolute Gasteiger partial charge is 0.416 e. The lowest BCUT2D eigenvalue weighted by Gasteiger charge is -2.13. The van der Waals surface area contributed by atoms with Crippen LogP contribution in [-0.4, -0.2) is 22.9 Å². The topological polar surface area (TPSA) is 98.5 Å². The second-order valence-electron chi connectivity index (χ2n) is 5.94. The Morgan fingerprint density at radius 2 is 1.83 bits per heavy atom. The molecule has 7 nitrogen and oxygen atoms in total. The van der Waals surface area contributed by atoms with Crippen molar-refractivity contribution in [1.82, 2.24) is 0 Å². The van der Waals surface area contributed by atoms with Gasteiger partial charge in [-0.15, -0.1) is 0 Å². The Hall–Kier alpha value is -3.40. The second-order valence-corrected chi connectivity index (χ2v) is 6.35. The molecular formula is C19H14ClF3N2O5. The van der Waals surface area contributed by atoms with E-state index in [0.717, 1.165) is 30.3 Å². The highest BCUT2D eigenvalue weighted by Gasteiger charge is 2.29. The number of carbonyl (C=O) groups excluding carboxylic acids is 2. The van der Waals surface area contributed by atoms with E-state index in [-0.39, 0.29) is 16.4 Å². The second kappa shape index (κ2) is 9.40. The van der Waals surface area contributed by atoms with E-state index in [0.29, 0.717) is 5.56 Å². The molecule has 0 bridgehead atoms. The van der Waals surface area contributed by atoms with E-state index < -0.39 is 34.6 Å². The number of nitro benzene ring substituents is 1. The summed E-state index contributed by atoms with van der Waals surface area (Å²) in [5, 5.41) is 13.2. The van der Waals surface area contributed by atoms with Crippen LogP contribution in [0.25, 0.3) is 6.08 Å². The zero-order valence-electron chi connectivity index (χ0n) is 15.3. The summed E-state index contributed by atoms with van der Waals surface area (Å²) >= 11 is 5.89. The lowest BCUT2D eigenvalue weighted by molar-refractivity contribution is -0.384. The van der Waals surface area contributed by atoms with E-state index in [1.165, 1.54) is 31.2 Å². The summed E-state index contributed by atoms with van der Waals surface area (Å²) < 4.78 is 42.5. The number of amides is 1. The van der Waals surface area contributed by atoms with E-state index in [1.54, 1.807) is 0 Å². The normalized spacial score (nSPS) is 12.4. The van der Waals surface area contributed by atoms with Crippen LogP contribution in [0.2, 0.25) is 5.02 Å². The molecule has 1 N–H and O–H groups in total. The van der Waals surface area contributed by atoms with Gasteiger partial charge in [0.15, 0.2) is 6.10 Å². The molecule has 11 heteroatoms. The van der Waals surface area contributed by atoms with Crippen molar-refractivity contribution in [3.05, 3.63) is 74.8 Å². The molecule has 0 radical (unpaired) electrons. The highest BCUT2D eigenvalue weighted by molar-refractivity contribution is 6.33. The molecule has 0 aliphatic rings. The Bertz CT molecular complexity index is 991. The third-order valence-electron chi connectivity index (χ3n) is 3.73. The first-order valence-electron chi connectivity index (χ1n) is 8.28. The molecule has 0 heterocycles. The predicted octanol–water partition coefficient (Wildman–Crippen LogP) is 4.85. The first-order valence-corrected chi connectivity index (χ1v) is 8.66. The standard InChI is InChI=1S/C19H14ClF3N2O5/c1-11(18(27)24-16-10-14(25(28)29)7-8-15(16)20)30-17(26)9-4-12-2-5-13(6-3-12)19(21,22)23/h2-11H,1H3,(H,24,27)/b9-4+. The number of benzene rings is 2. The Balaban J connectivity index is 1.97. The van der Waals surface area contributed by atoms with Gasteiger partial charge in [-0.3, -0.25) is 14.9 Å². The number of hydrogen-bond donors (Lipinski definition) is 1. The first kappa shape index (κ1) is 22.9. The molecule has 2 rings (SSSR count). The van der Waals surface area contributed by atoms with Gasteiger partial charge in [-0.05, 0) is 36.8 Å². The van der Waals surface area contributed by atoms with Gasteiger partial charge >= 0.3 is 12.1 Å². The third-order valence-corrected chi connectivity index (χ3v) is 4.06. The van der Waals surface area contributed by atoms with Crippen LogP contribution in [0.3, 0.4) is 0 Å². The van der Waals surface area contributed by atoms with Crippen LogP contribution in [0.15, 0.2) is 48.5 Å². The molecule has 30 heavy (non-hydrogen) atoms. The van der Waals surface area contributed by atoms with Crippen LogP contribution in [0, 0.1) is 10.1 Å². The van der Waals surface area contributed by atoms with E-state index in [2.05, 4.69) is 5.32 Å². The summed E-state index contributed by atoms with van der Waals surface area (Å²) in [5.74, 6) is -1.70. The third kappa shape index (κ3) is 6.31. The zero-order chi connectivity index (χ0) is 22.5. The molecule has 1 unspecified atom stereocenters. The van der Waals surface area contributed by atoms with Gasteiger partial charge in [0.1, 0.15) is 0 Å². The van der Waals surface area contributed by atoms with Crippen molar-refractivity contribution in [2.75, 3.05) is 5.32 Å². The van der Waals surface area contributed by atoms with E-state index in [9.17, 15) is 32.9 Å².